The van der Waals surface area contributed by atoms with Crippen molar-refractivity contribution < 1.29 is 9.53 Å². The largest absolute Gasteiger partial charge is 0.481 e. The van der Waals surface area contributed by atoms with Crippen LogP contribution in [0, 0.1) is 6.92 Å². The Morgan fingerprint density at radius 3 is 2.42 bits per heavy atom. The van der Waals surface area contributed by atoms with Crippen molar-refractivity contribution in [3.8, 4) is 5.75 Å². The first-order chi connectivity index (χ1) is 11.4. The number of ether oxygens (including phenoxy) is 1. The van der Waals surface area contributed by atoms with E-state index < -0.39 is 6.10 Å². The lowest BCUT2D eigenvalue weighted by atomic mass is 10.0. The molecular weight excluding hydrogens is 322 g/mol. The number of rotatable bonds is 6. The van der Waals surface area contributed by atoms with E-state index in [1.807, 2.05) is 37.3 Å². The highest BCUT2D eigenvalue weighted by Crippen LogP contribution is 2.28. The molecule has 3 nitrogen and oxygen atoms in total. The van der Waals surface area contributed by atoms with Gasteiger partial charge in [0.25, 0.3) is 5.91 Å². The molecule has 2 aromatic rings. The predicted octanol–water partition coefficient (Wildman–Crippen LogP) is 4.86. The zero-order valence-electron chi connectivity index (χ0n) is 14.6. The van der Waals surface area contributed by atoms with Crippen LogP contribution in [-0.2, 0) is 11.3 Å². The second kappa shape index (κ2) is 8.20. The van der Waals surface area contributed by atoms with Gasteiger partial charge in [-0.1, -0.05) is 49.7 Å². The molecule has 0 aliphatic heterocycles. The van der Waals surface area contributed by atoms with Crippen LogP contribution < -0.4 is 10.1 Å². The van der Waals surface area contributed by atoms with E-state index in [2.05, 4.69) is 31.3 Å². The summed E-state index contributed by atoms with van der Waals surface area (Å²) >= 11 is 5.86. The van der Waals surface area contributed by atoms with Gasteiger partial charge in [-0.3, -0.25) is 4.79 Å². The SMILES string of the molecule is Cc1ccc(C(C)C)c(O[C@@H](C)C(=O)NCc2ccc(Cl)cc2)c1. The van der Waals surface area contributed by atoms with Gasteiger partial charge >= 0.3 is 0 Å². The Labute approximate surface area is 149 Å². The van der Waals surface area contributed by atoms with Crippen LogP contribution in [-0.4, -0.2) is 12.0 Å². The Morgan fingerprint density at radius 1 is 1.12 bits per heavy atom. The molecule has 0 aliphatic carbocycles. The van der Waals surface area contributed by atoms with Crippen molar-refractivity contribution in [3.63, 3.8) is 0 Å². The lowest BCUT2D eigenvalue weighted by Crippen LogP contribution is -2.36. The molecule has 24 heavy (non-hydrogen) atoms. The number of halogens is 1. The monoisotopic (exact) mass is 345 g/mol. The quantitative estimate of drug-likeness (QED) is 0.812. The topological polar surface area (TPSA) is 38.3 Å². The van der Waals surface area contributed by atoms with Crippen LogP contribution >= 0.6 is 11.6 Å². The Balaban J connectivity index is 1.98. The van der Waals surface area contributed by atoms with Gasteiger partial charge in [0.2, 0.25) is 0 Å². The average molecular weight is 346 g/mol. The van der Waals surface area contributed by atoms with Crippen LogP contribution in [0.1, 0.15) is 43.4 Å². The van der Waals surface area contributed by atoms with E-state index in [-0.39, 0.29) is 5.91 Å². The molecule has 0 bridgehead atoms. The zero-order valence-corrected chi connectivity index (χ0v) is 15.4. The van der Waals surface area contributed by atoms with Crippen LogP contribution in [0.3, 0.4) is 0 Å². The van der Waals surface area contributed by atoms with Gasteiger partial charge in [-0.15, -0.1) is 0 Å². The summed E-state index contributed by atoms with van der Waals surface area (Å²) < 4.78 is 5.92. The summed E-state index contributed by atoms with van der Waals surface area (Å²) in [5, 5.41) is 3.58. The lowest BCUT2D eigenvalue weighted by Gasteiger charge is -2.19. The maximum atomic E-state index is 12.3. The highest BCUT2D eigenvalue weighted by atomic mass is 35.5. The molecule has 2 rings (SSSR count). The summed E-state index contributed by atoms with van der Waals surface area (Å²) in [6, 6.07) is 13.5. The first-order valence-electron chi connectivity index (χ1n) is 8.16. The van der Waals surface area contributed by atoms with Crippen molar-refractivity contribution >= 4 is 17.5 Å². The fraction of sp³-hybridized carbons (Fsp3) is 0.350. The molecule has 1 N–H and O–H groups in total. The first kappa shape index (κ1) is 18.3. The minimum Gasteiger partial charge on any atom is -0.481 e. The van der Waals surface area contributed by atoms with Crippen LogP contribution in [0.15, 0.2) is 42.5 Å². The summed E-state index contributed by atoms with van der Waals surface area (Å²) in [7, 11) is 0. The molecule has 0 aromatic heterocycles. The molecule has 4 heteroatoms. The highest BCUT2D eigenvalue weighted by Gasteiger charge is 2.17. The Kier molecular flexibility index (Phi) is 6.27. The number of carbonyl (C=O) groups is 1. The predicted molar refractivity (Wildman–Crippen MR) is 98.7 cm³/mol. The minimum atomic E-state index is -0.559. The maximum absolute atomic E-state index is 12.3. The van der Waals surface area contributed by atoms with Crippen molar-refractivity contribution in [2.45, 2.75) is 46.3 Å². The van der Waals surface area contributed by atoms with Gasteiger partial charge in [0.1, 0.15) is 5.75 Å². The number of hydrogen-bond donors (Lipinski definition) is 1. The van der Waals surface area contributed by atoms with Crippen molar-refractivity contribution in [2.75, 3.05) is 0 Å². The van der Waals surface area contributed by atoms with E-state index in [0.717, 1.165) is 22.4 Å². The van der Waals surface area contributed by atoms with E-state index >= 15 is 0 Å². The summed E-state index contributed by atoms with van der Waals surface area (Å²) in [6.45, 7) is 8.46. The Hall–Kier alpha value is -2.00. The Bertz CT molecular complexity index is 695. The van der Waals surface area contributed by atoms with Crippen LogP contribution in [0.5, 0.6) is 5.75 Å². The van der Waals surface area contributed by atoms with Crippen molar-refractivity contribution in [3.05, 3.63) is 64.2 Å². The van der Waals surface area contributed by atoms with Crippen LogP contribution in [0.2, 0.25) is 5.02 Å². The summed E-state index contributed by atoms with van der Waals surface area (Å²) in [6.07, 6.45) is -0.559. The van der Waals surface area contributed by atoms with Gasteiger partial charge < -0.3 is 10.1 Å². The molecule has 0 saturated heterocycles. The third kappa shape index (κ3) is 5.00. The van der Waals surface area contributed by atoms with Gasteiger partial charge in [0, 0.05) is 11.6 Å². The lowest BCUT2D eigenvalue weighted by molar-refractivity contribution is -0.127. The van der Waals surface area contributed by atoms with Gasteiger partial charge in [0.15, 0.2) is 6.10 Å². The third-order valence-corrected chi connectivity index (χ3v) is 4.10. The zero-order chi connectivity index (χ0) is 17.7. The van der Waals surface area contributed by atoms with Crippen molar-refractivity contribution in [2.24, 2.45) is 0 Å². The molecule has 0 aliphatic rings. The highest BCUT2D eigenvalue weighted by molar-refractivity contribution is 6.30. The summed E-state index contributed by atoms with van der Waals surface area (Å²) in [4.78, 5) is 12.3. The average Bonchev–Trinajstić information content (AvgIpc) is 2.53. The van der Waals surface area contributed by atoms with Gasteiger partial charge in [-0.05, 0) is 54.7 Å². The number of nitrogens with one attached hydrogen (secondary N) is 1. The first-order valence-corrected chi connectivity index (χ1v) is 8.54. The molecule has 0 spiro atoms. The third-order valence-electron chi connectivity index (χ3n) is 3.84. The van der Waals surface area contributed by atoms with E-state index in [9.17, 15) is 4.79 Å². The van der Waals surface area contributed by atoms with E-state index in [1.54, 1.807) is 6.92 Å². The molecule has 2 aromatic carbocycles. The number of hydrogen-bond acceptors (Lipinski definition) is 2. The molecule has 1 amide bonds. The normalized spacial score (nSPS) is 12.1. The van der Waals surface area contributed by atoms with Gasteiger partial charge in [-0.2, -0.15) is 0 Å². The van der Waals surface area contributed by atoms with Crippen molar-refractivity contribution in [1.82, 2.24) is 5.32 Å². The summed E-state index contributed by atoms with van der Waals surface area (Å²) in [5.41, 5.74) is 3.22. The fourth-order valence-electron chi connectivity index (χ4n) is 2.40. The standard InChI is InChI=1S/C20H24ClNO2/c1-13(2)18-10-5-14(3)11-19(18)24-15(4)20(23)22-12-16-6-8-17(21)9-7-16/h5-11,13,15H,12H2,1-4H3,(H,22,23)/t15-/m0/s1. The van der Waals surface area contributed by atoms with Gasteiger partial charge in [0.05, 0.1) is 0 Å². The number of benzene rings is 2. The molecule has 0 radical (unpaired) electrons. The van der Waals surface area contributed by atoms with E-state index in [4.69, 9.17) is 16.3 Å². The smallest absolute Gasteiger partial charge is 0.261 e. The second-order valence-corrected chi connectivity index (χ2v) is 6.74. The molecular formula is C20H24ClNO2. The molecule has 0 unspecified atom stereocenters. The van der Waals surface area contributed by atoms with Crippen LogP contribution in [0.4, 0.5) is 0 Å². The number of amides is 1. The minimum absolute atomic E-state index is 0.138. The van der Waals surface area contributed by atoms with E-state index in [1.165, 1.54) is 0 Å². The molecule has 1 atom stereocenters. The van der Waals surface area contributed by atoms with Gasteiger partial charge in [-0.25, -0.2) is 0 Å². The Morgan fingerprint density at radius 2 is 1.79 bits per heavy atom. The second-order valence-electron chi connectivity index (χ2n) is 6.30. The van der Waals surface area contributed by atoms with E-state index in [0.29, 0.717) is 17.5 Å². The summed E-state index contributed by atoms with van der Waals surface area (Å²) in [5.74, 6) is 0.977. The molecule has 128 valence electrons. The number of aryl methyl sites for hydroxylation is 1. The molecule has 0 fully saturated rings. The van der Waals surface area contributed by atoms with Crippen molar-refractivity contribution in [1.29, 1.82) is 0 Å². The molecule has 0 heterocycles. The fourth-order valence-corrected chi connectivity index (χ4v) is 2.53. The number of carbonyl (C=O) groups excluding carboxylic acids is 1. The maximum Gasteiger partial charge on any atom is 0.261 e. The molecule has 0 saturated carbocycles. The van der Waals surface area contributed by atoms with Crippen LogP contribution in [0.25, 0.3) is 0 Å².